The Kier molecular flexibility index (Phi) is 7.23. The lowest BCUT2D eigenvalue weighted by atomic mass is 10.2. The first kappa shape index (κ1) is 19.5. The van der Waals surface area contributed by atoms with Crippen LogP contribution in [0.1, 0.15) is 12.5 Å². The third-order valence-electron chi connectivity index (χ3n) is 3.15. The van der Waals surface area contributed by atoms with Crippen LogP contribution < -0.4 is 14.8 Å². The van der Waals surface area contributed by atoms with Gasteiger partial charge in [-0.15, -0.1) is 0 Å². The van der Waals surface area contributed by atoms with Crippen molar-refractivity contribution in [3.8, 4) is 11.5 Å². The average molecular weight is 420 g/mol. The summed E-state index contributed by atoms with van der Waals surface area (Å²) in [5, 5.41) is 11.3. The average Bonchev–Trinajstić information content (AvgIpc) is 2.60. The predicted molar refractivity (Wildman–Crippen MR) is 103 cm³/mol. The van der Waals surface area contributed by atoms with E-state index in [4.69, 9.17) is 14.6 Å². The number of anilines is 1. The monoisotopic (exact) mass is 419 g/mol. The van der Waals surface area contributed by atoms with E-state index in [9.17, 15) is 9.59 Å². The van der Waals surface area contributed by atoms with Crippen molar-refractivity contribution in [2.24, 2.45) is 0 Å². The Hall–Kier alpha value is -2.80. The van der Waals surface area contributed by atoms with Crippen LogP contribution in [-0.4, -0.2) is 30.2 Å². The number of halogens is 1. The number of aliphatic carboxylic acids is 1. The maximum atomic E-state index is 12.1. The van der Waals surface area contributed by atoms with Crippen LogP contribution in [0.15, 0.2) is 53.0 Å². The molecule has 0 saturated heterocycles. The Morgan fingerprint density at radius 1 is 1.19 bits per heavy atom. The van der Waals surface area contributed by atoms with Gasteiger partial charge in [0.15, 0.2) is 6.61 Å². The number of carbonyl (C=O) groups is 2. The molecular weight excluding hydrogens is 402 g/mol. The summed E-state index contributed by atoms with van der Waals surface area (Å²) in [7, 11) is 0. The molecule has 0 fully saturated rings. The minimum absolute atomic E-state index is 0.331. The minimum Gasteiger partial charge on any atom is -0.493 e. The molecule has 0 unspecified atom stereocenters. The molecule has 2 N–H and O–H groups in total. The molecule has 0 spiro atoms. The Bertz CT molecular complexity index is 819. The molecule has 0 aliphatic heterocycles. The Balaban J connectivity index is 2.05. The van der Waals surface area contributed by atoms with Gasteiger partial charge in [-0.25, -0.2) is 4.79 Å². The Morgan fingerprint density at radius 3 is 2.73 bits per heavy atom. The lowest BCUT2D eigenvalue weighted by Gasteiger charge is -2.08. The van der Waals surface area contributed by atoms with Gasteiger partial charge < -0.3 is 19.9 Å². The molecule has 2 rings (SSSR count). The summed E-state index contributed by atoms with van der Waals surface area (Å²) >= 11 is 3.40. The van der Waals surface area contributed by atoms with Gasteiger partial charge in [0.2, 0.25) is 5.91 Å². The number of hydrogen-bond acceptors (Lipinski definition) is 4. The fraction of sp³-hybridized carbons (Fsp3) is 0.158. The van der Waals surface area contributed by atoms with Crippen LogP contribution >= 0.6 is 15.9 Å². The van der Waals surface area contributed by atoms with Crippen molar-refractivity contribution in [3.05, 3.63) is 58.6 Å². The van der Waals surface area contributed by atoms with Gasteiger partial charge in [-0.1, -0.05) is 22.0 Å². The molecule has 0 atom stereocenters. The summed E-state index contributed by atoms with van der Waals surface area (Å²) in [5.41, 5.74) is 1.27. The number of rotatable bonds is 8. The normalized spacial score (nSPS) is 10.5. The molecule has 6 nitrogen and oxygen atoms in total. The molecular formula is C19H18BrNO5. The summed E-state index contributed by atoms with van der Waals surface area (Å²) < 4.78 is 11.5. The first-order chi connectivity index (χ1) is 12.5. The maximum Gasteiger partial charge on any atom is 0.341 e. The van der Waals surface area contributed by atoms with E-state index in [2.05, 4.69) is 21.2 Å². The van der Waals surface area contributed by atoms with Crippen LogP contribution in [0.5, 0.6) is 11.5 Å². The zero-order chi connectivity index (χ0) is 18.9. The van der Waals surface area contributed by atoms with Crippen molar-refractivity contribution < 1.29 is 24.2 Å². The molecule has 136 valence electrons. The molecule has 0 saturated carbocycles. The van der Waals surface area contributed by atoms with Gasteiger partial charge in [0, 0.05) is 27.9 Å². The SMILES string of the molecule is CCOc1ccc(Br)cc1/C=C/C(=O)Nc1cccc(OCC(=O)O)c1. The summed E-state index contributed by atoms with van der Waals surface area (Å²) in [4.78, 5) is 22.7. The number of carboxylic acids is 1. The molecule has 2 aromatic carbocycles. The van der Waals surface area contributed by atoms with Crippen molar-refractivity contribution in [2.75, 3.05) is 18.5 Å². The molecule has 0 aliphatic carbocycles. The number of benzene rings is 2. The van der Waals surface area contributed by atoms with Crippen molar-refractivity contribution in [1.82, 2.24) is 0 Å². The van der Waals surface area contributed by atoms with Crippen molar-refractivity contribution in [1.29, 1.82) is 0 Å². The number of amides is 1. The van der Waals surface area contributed by atoms with Gasteiger partial charge in [0.05, 0.1) is 6.61 Å². The zero-order valence-corrected chi connectivity index (χ0v) is 15.7. The number of carboxylic acid groups (broad SMARTS) is 1. The minimum atomic E-state index is -1.07. The Labute approximate surface area is 159 Å². The highest BCUT2D eigenvalue weighted by molar-refractivity contribution is 9.10. The molecule has 7 heteroatoms. The van der Waals surface area contributed by atoms with E-state index in [0.29, 0.717) is 23.8 Å². The van der Waals surface area contributed by atoms with E-state index in [1.165, 1.54) is 6.08 Å². The third kappa shape index (κ3) is 6.25. The van der Waals surface area contributed by atoms with Crippen molar-refractivity contribution in [2.45, 2.75) is 6.92 Å². The summed E-state index contributed by atoms with van der Waals surface area (Å²) in [6.45, 7) is 1.97. The van der Waals surface area contributed by atoms with Gasteiger partial charge in [0.1, 0.15) is 11.5 Å². The van der Waals surface area contributed by atoms with E-state index in [0.717, 1.165) is 10.0 Å². The van der Waals surface area contributed by atoms with Crippen LogP contribution in [0.4, 0.5) is 5.69 Å². The second-order valence-corrected chi connectivity index (χ2v) is 6.06. The van der Waals surface area contributed by atoms with Crippen LogP contribution in [0.25, 0.3) is 6.08 Å². The molecule has 2 aromatic rings. The number of hydrogen-bond donors (Lipinski definition) is 2. The van der Waals surface area contributed by atoms with Crippen molar-refractivity contribution >= 4 is 39.6 Å². The number of nitrogens with one attached hydrogen (secondary N) is 1. The number of ether oxygens (including phenoxy) is 2. The molecule has 0 bridgehead atoms. The topological polar surface area (TPSA) is 84.9 Å². The maximum absolute atomic E-state index is 12.1. The fourth-order valence-corrected chi connectivity index (χ4v) is 2.47. The zero-order valence-electron chi connectivity index (χ0n) is 14.1. The first-order valence-corrected chi connectivity index (χ1v) is 8.63. The fourth-order valence-electron chi connectivity index (χ4n) is 2.09. The second kappa shape index (κ2) is 9.62. The van der Waals surface area contributed by atoms with Crippen LogP contribution in [0.3, 0.4) is 0 Å². The summed E-state index contributed by atoms with van der Waals surface area (Å²) in [6.07, 6.45) is 3.06. The van der Waals surface area contributed by atoms with Crippen molar-refractivity contribution in [3.63, 3.8) is 0 Å². The molecule has 0 aromatic heterocycles. The smallest absolute Gasteiger partial charge is 0.341 e. The van der Waals surface area contributed by atoms with Crippen LogP contribution in [0.2, 0.25) is 0 Å². The third-order valence-corrected chi connectivity index (χ3v) is 3.64. The predicted octanol–water partition coefficient (Wildman–Crippen LogP) is 3.96. The highest BCUT2D eigenvalue weighted by Crippen LogP contribution is 2.24. The first-order valence-electron chi connectivity index (χ1n) is 7.84. The quantitative estimate of drug-likeness (QED) is 0.632. The molecule has 0 heterocycles. The van der Waals surface area contributed by atoms with E-state index < -0.39 is 12.6 Å². The van der Waals surface area contributed by atoms with E-state index >= 15 is 0 Å². The lowest BCUT2D eigenvalue weighted by Crippen LogP contribution is -2.10. The van der Waals surface area contributed by atoms with Crippen LogP contribution in [0, 0.1) is 0 Å². The Morgan fingerprint density at radius 2 is 2.00 bits per heavy atom. The van der Waals surface area contributed by atoms with Gasteiger partial charge in [0.25, 0.3) is 0 Å². The molecule has 1 amide bonds. The van der Waals surface area contributed by atoms with Gasteiger partial charge in [-0.2, -0.15) is 0 Å². The highest BCUT2D eigenvalue weighted by Gasteiger charge is 2.04. The number of carbonyl (C=O) groups excluding carboxylic acids is 1. The highest BCUT2D eigenvalue weighted by atomic mass is 79.9. The largest absolute Gasteiger partial charge is 0.493 e. The van der Waals surface area contributed by atoms with E-state index in [1.54, 1.807) is 30.3 Å². The van der Waals surface area contributed by atoms with Gasteiger partial charge in [-0.05, 0) is 43.3 Å². The van der Waals surface area contributed by atoms with E-state index in [-0.39, 0.29) is 5.91 Å². The summed E-state index contributed by atoms with van der Waals surface area (Å²) in [6, 6.07) is 12.1. The second-order valence-electron chi connectivity index (χ2n) is 5.15. The van der Waals surface area contributed by atoms with E-state index in [1.807, 2.05) is 25.1 Å². The lowest BCUT2D eigenvalue weighted by molar-refractivity contribution is -0.139. The van der Waals surface area contributed by atoms with Gasteiger partial charge >= 0.3 is 5.97 Å². The van der Waals surface area contributed by atoms with Gasteiger partial charge in [-0.3, -0.25) is 4.79 Å². The molecule has 26 heavy (non-hydrogen) atoms. The standard InChI is InChI=1S/C19H18BrNO5/c1-2-25-17-8-7-14(20)10-13(17)6-9-18(22)21-15-4-3-5-16(11-15)26-12-19(23)24/h3-11H,2,12H2,1H3,(H,21,22)(H,23,24)/b9-6+. The molecule has 0 radical (unpaired) electrons. The molecule has 0 aliphatic rings. The summed E-state index contributed by atoms with van der Waals surface area (Å²) in [5.74, 6) is -0.354. The van der Waals surface area contributed by atoms with Crippen LogP contribution in [-0.2, 0) is 9.59 Å².